The van der Waals surface area contributed by atoms with Gasteiger partial charge in [-0.2, -0.15) is 0 Å². The largest absolute Gasteiger partial charge is 0.510 e. The number of benzene rings is 1. The zero-order valence-corrected chi connectivity index (χ0v) is 16.9. The lowest BCUT2D eigenvalue weighted by atomic mass is 9.83. The van der Waals surface area contributed by atoms with E-state index in [-0.39, 0.29) is 12.4 Å². The van der Waals surface area contributed by atoms with Crippen molar-refractivity contribution in [3.8, 4) is 0 Å². The van der Waals surface area contributed by atoms with Crippen LogP contribution in [0.25, 0.3) is 0 Å². The summed E-state index contributed by atoms with van der Waals surface area (Å²) in [5, 5.41) is -0.726. The molecule has 1 aromatic carbocycles. The molecule has 24 heavy (non-hydrogen) atoms. The summed E-state index contributed by atoms with van der Waals surface area (Å²) in [5.74, 6) is 0. The first-order valence-corrected chi connectivity index (χ1v) is 9.51. The topological polar surface area (TPSA) is 79.7 Å². The lowest BCUT2D eigenvalue weighted by Crippen LogP contribution is -2.71. The lowest BCUT2D eigenvalue weighted by Gasteiger charge is -2.51. The molecule has 0 aliphatic carbocycles. The highest BCUT2D eigenvalue weighted by Gasteiger charge is 2.66. The van der Waals surface area contributed by atoms with Crippen LogP contribution in [0.1, 0.15) is 25.3 Å². The van der Waals surface area contributed by atoms with E-state index in [1.165, 1.54) is 0 Å². The minimum atomic E-state index is -3.18. The maximum Gasteiger partial charge on any atom is 0.510 e. The molecule has 1 unspecified atom stereocenters. The van der Waals surface area contributed by atoms with Gasteiger partial charge in [-0.15, -0.1) is 12.4 Å². The molecule has 0 aromatic heterocycles. The van der Waals surface area contributed by atoms with Crippen LogP contribution in [0, 0.1) is 0 Å². The summed E-state index contributed by atoms with van der Waals surface area (Å²) in [7, 11) is 1.59. The highest BCUT2D eigenvalue weighted by Crippen LogP contribution is 2.52. The van der Waals surface area contributed by atoms with E-state index in [1.54, 1.807) is 27.4 Å². The third kappa shape index (κ3) is 4.08. The SMILES string of the molecule is C=CC(N)(N)C(CCC)(Cc1ccccc1)[Si](OC)(OC)OC.Cl. The van der Waals surface area contributed by atoms with Gasteiger partial charge in [0.2, 0.25) is 0 Å². The molecule has 0 spiro atoms. The van der Waals surface area contributed by atoms with Crippen LogP contribution in [0.2, 0.25) is 5.04 Å². The fourth-order valence-electron chi connectivity index (χ4n) is 3.39. The van der Waals surface area contributed by atoms with Crippen molar-refractivity contribution in [3.05, 3.63) is 48.6 Å². The summed E-state index contributed by atoms with van der Waals surface area (Å²) in [6, 6.07) is 10.0. The van der Waals surface area contributed by atoms with Gasteiger partial charge in [0.1, 0.15) is 0 Å². The van der Waals surface area contributed by atoms with Crippen LogP contribution in [-0.2, 0) is 19.7 Å². The second-order valence-electron chi connectivity index (χ2n) is 5.80. The maximum atomic E-state index is 6.50. The molecule has 0 bridgehead atoms. The summed E-state index contributed by atoms with van der Waals surface area (Å²) in [5.41, 5.74) is 12.9. The Morgan fingerprint density at radius 3 is 1.96 bits per heavy atom. The third-order valence-corrected chi connectivity index (χ3v) is 8.23. The summed E-state index contributed by atoms with van der Waals surface area (Å²) in [4.78, 5) is 0. The van der Waals surface area contributed by atoms with Crippen LogP contribution in [0.5, 0.6) is 0 Å². The Kier molecular flexibility index (Phi) is 9.38. The molecule has 138 valence electrons. The molecule has 0 radical (unpaired) electrons. The van der Waals surface area contributed by atoms with Gasteiger partial charge in [0.15, 0.2) is 0 Å². The van der Waals surface area contributed by atoms with E-state index >= 15 is 0 Å². The molecule has 1 aromatic rings. The minimum Gasteiger partial charge on any atom is -0.376 e. The van der Waals surface area contributed by atoms with Crippen LogP contribution in [0.3, 0.4) is 0 Å². The van der Waals surface area contributed by atoms with Gasteiger partial charge in [0, 0.05) is 21.3 Å². The third-order valence-electron chi connectivity index (χ3n) is 4.58. The quantitative estimate of drug-likeness (QED) is 0.374. The average molecular weight is 375 g/mol. The van der Waals surface area contributed by atoms with Crippen LogP contribution in [0.4, 0.5) is 0 Å². The number of hydrogen-bond acceptors (Lipinski definition) is 5. The fourth-order valence-corrected chi connectivity index (χ4v) is 6.67. The Balaban J connectivity index is 0.00000529. The van der Waals surface area contributed by atoms with Crippen LogP contribution in [0.15, 0.2) is 43.0 Å². The van der Waals surface area contributed by atoms with Gasteiger partial charge in [0.25, 0.3) is 0 Å². The van der Waals surface area contributed by atoms with E-state index in [9.17, 15) is 0 Å². The van der Waals surface area contributed by atoms with E-state index in [4.69, 9.17) is 24.7 Å². The molecule has 0 saturated heterocycles. The average Bonchev–Trinajstić information content (AvgIpc) is 2.57. The van der Waals surface area contributed by atoms with Crippen molar-refractivity contribution in [2.45, 2.75) is 36.9 Å². The summed E-state index contributed by atoms with van der Waals surface area (Å²) < 4.78 is 17.4. The molecule has 0 aliphatic rings. The fraction of sp³-hybridized carbons (Fsp3) is 0.529. The van der Waals surface area contributed by atoms with Gasteiger partial charge in [-0.25, -0.2) is 0 Å². The Hall–Kier alpha value is -0.733. The molecule has 0 amide bonds. The van der Waals surface area contributed by atoms with Gasteiger partial charge < -0.3 is 24.7 Å². The van der Waals surface area contributed by atoms with Gasteiger partial charge in [0.05, 0.1) is 10.7 Å². The summed E-state index contributed by atoms with van der Waals surface area (Å²) in [6.45, 7) is 5.93. The molecule has 0 heterocycles. The number of rotatable bonds is 10. The van der Waals surface area contributed by atoms with Gasteiger partial charge >= 0.3 is 8.80 Å². The first-order valence-electron chi connectivity index (χ1n) is 7.79. The first kappa shape index (κ1) is 23.3. The predicted molar refractivity (Wildman–Crippen MR) is 103 cm³/mol. The Labute approximate surface area is 153 Å². The van der Waals surface area contributed by atoms with Crippen LogP contribution >= 0.6 is 12.4 Å². The normalized spacial score (nSPS) is 14.6. The maximum absolute atomic E-state index is 6.50. The molecule has 0 saturated carbocycles. The molecule has 1 rings (SSSR count). The van der Waals surface area contributed by atoms with Crippen LogP contribution < -0.4 is 11.5 Å². The van der Waals surface area contributed by atoms with E-state index in [1.807, 2.05) is 30.3 Å². The smallest absolute Gasteiger partial charge is 0.376 e. The molecule has 1 atom stereocenters. The second kappa shape index (κ2) is 9.67. The number of hydrogen-bond donors (Lipinski definition) is 2. The predicted octanol–water partition coefficient (Wildman–Crippen LogP) is 2.87. The molecule has 0 aliphatic heterocycles. The highest BCUT2D eigenvalue weighted by molar-refractivity contribution is 6.64. The van der Waals surface area contributed by atoms with Crippen molar-refractivity contribution in [1.29, 1.82) is 0 Å². The summed E-state index contributed by atoms with van der Waals surface area (Å²) >= 11 is 0. The van der Waals surface area contributed by atoms with E-state index in [0.717, 1.165) is 12.0 Å². The molecule has 0 fully saturated rings. The van der Waals surface area contributed by atoms with Crippen molar-refractivity contribution < 1.29 is 13.3 Å². The van der Waals surface area contributed by atoms with Crippen LogP contribution in [-0.4, -0.2) is 35.8 Å². The zero-order valence-electron chi connectivity index (χ0n) is 15.1. The standard InChI is InChI=1S/C17H30N2O3Si.ClH/c1-6-13-16(17(18,19)7-2,23(20-3,21-4)22-5)14-15-11-9-8-10-12-15;/h7-12H,2,6,13-14,18-19H2,1,3-5H3;1H. The van der Waals surface area contributed by atoms with E-state index < -0.39 is 19.5 Å². The van der Waals surface area contributed by atoms with Crippen molar-refractivity contribution in [1.82, 2.24) is 0 Å². The van der Waals surface area contributed by atoms with Crippen molar-refractivity contribution >= 4 is 21.2 Å². The number of halogens is 1. The van der Waals surface area contributed by atoms with Gasteiger partial charge in [-0.3, -0.25) is 0 Å². The van der Waals surface area contributed by atoms with Crippen molar-refractivity contribution in [2.75, 3.05) is 21.3 Å². The molecule has 4 N–H and O–H groups in total. The Morgan fingerprint density at radius 2 is 1.58 bits per heavy atom. The van der Waals surface area contributed by atoms with E-state index in [0.29, 0.717) is 12.8 Å². The minimum absolute atomic E-state index is 0. The van der Waals surface area contributed by atoms with E-state index in [2.05, 4.69) is 13.5 Å². The molecular formula is C17H31ClN2O3Si. The first-order chi connectivity index (χ1) is 10.9. The van der Waals surface area contributed by atoms with Gasteiger partial charge in [-0.1, -0.05) is 56.3 Å². The molecular weight excluding hydrogens is 344 g/mol. The molecule has 7 heteroatoms. The second-order valence-corrected chi connectivity index (χ2v) is 9.09. The Bertz CT molecular complexity index is 490. The highest BCUT2D eigenvalue weighted by atomic mass is 35.5. The summed E-state index contributed by atoms with van der Waals surface area (Å²) in [6.07, 6.45) is 3.72. The zero-order chi connectivity index (χ0) is 17.6. The van der Waals surface area contributed by atoms with Crippen molar-refractivity contribution in [2.24, 2.45) is 11.5 Å². The van der Waals surface area contributed by atoms with Crippen molar-refractivity contribution in [3.63, 3.8) is 0 Å². The Morgan fingerprint density at radius 1 is 1.08 bits per heavy atom. The van der Waals surface area contributed by atoms with Gasteiger partial charge in [-0.05, 0) is 18.4 Å². The monoisotopic (exact) mass is 374 g/mol. The number of nitrogens with two attached hydrogens (primary N) is 2. The lowest BCUT2D eigenvalue weighted by molar-refractivity contribution is 0.0666. The molecule has 5 nitrogen and oxygen atoms in total.